The van der Waals surface area contributed by atoms with Crippen LogP contribution in [0.15, 0.2) is 12.4 Å². The van der Waals surface area contributed by atoms with Gasteiger partial charge in [-0.2, -0.15) is 0 Å². The Morgan fingerprint density at radius 1 is 1.69 bits per heavy atom. The second-order valence-corrected chi connectivity index (χ2v) is 4.41. The summed E-state index contributed by atoms with van der Waals surface area (Å²) < 4.78 is 1.74. The molecule has 2 rings (SSSR count). The number of piperidine rings is 1. The van der Waals surface area contributed by atoms with E-state index in [1.54, 1.807) is 17.0 Å². The van der Waals surface area contributed by atoms with Crippen LogP contribution < -0.4 is 10.6 Å². The number of aromatic nitrogens is 2. The monoisotopic (exact) mass is 222 g/mol. The summed E-state index contributed by atoms with van der Waals surface area (Å²) in [5, 5.41) is 6.39. The molecule has 0 radical (unpaired) electrons. The Morgan fingerprint density at radius 3 is 3.12 bits per heavy atom. The van der Waals surface area contributed by atoms with Crippen LogP contribution in [0, 0.1) is 0 Å². The lowest BCUT2D eigenvalue weighted by Gasteiger charge is -2.28. The lowest BCUT2D eigenvalue weighted by atomic mass is 10.0. The Hall–Kier alpha value is -1.36. The number of nitrogens with zero attached hydrogens (tertiary/aromatic N) is 2. The van der Waals surface area contributed by atoms with Crippen LogP contribution in [0.4, 0.5) is 0 Å². The number of amides is 1. The number of hydrogen-bond acceptors (Lipinski definition) is 3. The first-order chi connectivity index (χ1) is 7.66. The standard InChI is InChI=1S/C11H18N4O/c1-8-7-9(3-4-12-8)14-11(16)10-13-5-6-15(10)2/h5-6,8-9,12H,3-4,7H2,1-2H3,(H,14,16). The predicted octanol–water partition coefficient (Wildman–Crippen LogP) is 0.290. The minimum Gasteiger partial charge on any atom is -0.347 e. The summed E-state index contributed by atoms with van der Waals surface area (Å²) in [7, 11) is 1.83. The molecule has 0 aliphatic carbocycles. The molecular weight excluding hydrogens is 204 g/mol. The van der Waals surface area contributed by atoms with Gasteiger partial charge >= 0.3 is 0 Å². The second-order valence-electron chi connectivity index (χ2n) is 4.41. The Kier molecular flexibility index (Phi) is 3.24. The van der Waals surface area contributed by atoms with Crippen LogP contribution in [0.3, 0.4) is 0 Å². The van der Waals surface area contributed by atoms with Crippen molar-refractivity contribution in [1.29, 1.82) is 0 Å². The summed E-state index contributed by atoms with van der Waals surface area (Å²) in [5.74, 6) is 0.401. The highest BCUT2D eigenvalue weighted by Crippen LogP contribution is 2.08. The van der Waals surface area contributed by atoms with Gasteiger partial charge < -0.3 is 15.2 Å². The van der Waals surface area contributed by atoms with E-state index in [4.69, 9.17) is 0 Å². The van der Waals surface area contributed by atoms with Gasteiger partial charge in [-0.1, -0.05) is 0 Å². The van der Waals surface area contributed by atoms with Crippen molar-refractivity contribution in [2.45, 2.75) is 31.8 Å². The molecule has 2 unspecified atom stereocenters. The Labute approximate surface area is 95.2 Å². The molecule has 1 aliphatic heterocycles. The fourth-order valence-corrected chi connectivity index (χ4v) is 2.10. The molecule has 16 heavy (non-hydrogen) atoms. The summed E-state index contributed by atoms with van der Waals surface area (Å²) in [6.45, 7) is 3.10. The smallest absolute Gasteiger partial charge is 0.287 e. The first-order valence-corrected chi connectivity index (χ1v) is 5.68. The predicted molar refractivity (Wildman–Crippen MR) is 61.2 cm³/mol. The van der Waals surface area contributed by atoms with Gasteiger partial charge in [0.1, 0.15) is 0 Å². The average Bonchev–Trinajstić information content (AvgIpc) is 2.64. The molecule has 0 bridgehead atoms. The first kappa shape index (κ1) is 11.1. The van der Waals surface area contributed by atoms with Crippen LogP contribution in [0.25, 0.3) is 0 Å². The average molecular weight is 222 g/mol. The van der Waals surface area contributed by atoms with Crippen molar-refractivity contribution >= 4 is 5.91 Å². The molecule has 0 aromatic carbocycles. The maximum Gasteiger partial charge on any atom is 0.287 e. The molecule has 2 atom stereocenters. The highest BCUT2D eigenvalue weighted by atomic mass is 16.2. The molecule has 2 heterocycles. The van der Waals surface area contributed by atoms with E-state index in [2.05, 4.69) is 22.5 Å². The zero-order valence-electron chi connectivity index (χ0n) is 9.73. The quantitative estimate of drug-likeness (QED) is 0.756. The molecule has 2 N–H and O–H groups in total. The topological polar surface area (TPSA) is 59.0 Å². The molecular formula is C11H18N4O. The van der Waals surface area contributed by atoms with Crippen molar-refractivity contribution in [3.05, 3.63) is 18.2 Å². The second kappa shape index (κ2) is 4.65. The van der Waals surface area contributed by atoms with Crippen molar-refractivity contribution in [3.8, 4) is 0 Å². The highest BCUT2D eigenvalue weighted by molar-refractivity contribution is 5.90. The number of imidazole rings is 1. The third-order valence-electron chi connectivity index (χ3n) is 2.98. The van der Waals surface area contributed by atoms with Gasteiger partial charge in [-0.3, -0.25) is 4.79 Å². The Bertz CT molecular complexity index is 374. The Morgan fingerprint density at radius 2 is 2.50 bits per heavy atom. The fourth-order valence-electron chi connectivity index (χ4n) is 2.10. The van der Waals surface area contributed by atoms with E-state index in [-0.39, 0.29) is 11.9 Å². The van der Waals surface area contributed by atoms with E-state index in [1.165, 1.54) is 0 Å². The van der Waals surface area contributed by atoms with Gasteiger partial charge in [-0.05, 0) is 26.3 Å². The van der Waals surface area contributed by atoms with E-state index in [0.29, 0.717) is 11.9 Å². The molecule has 1 aromatic heterocycles. The number of hydrogen-bond donors (Lipinski definition) is 2. The zero-order valence-corrected chi connectivity index (χ0v) is 9.73. The number of aryl methyl sites for hydroxylation is 1. The molecule has 5 nitrogen and oxygen atoms in total. The van der Waals surface area contributed by atoms with Crippen molar-refractivity contribution in [2.75, 3.05) is 6.54 Å². The molecule has 1 saturated heterocycles. The first-order valence-electron chi connectivity index (χ1n) is 5.68. The molecule has 1 aliphatic rings. The number of nitrogens with one attached hydrogen (secondary N) is 2. The zero-order chi connectivity index (χ0) is 11.5. The van der Waals surface area contributed by atoms with Gasteiger partial charge in [-0.15, -0.1) is 0 Å². The minimum atomic E-state index is -0.0772. The lowest BCUT2D eigenvalue weighted by molar-refractivity contribution is 0.0912. The Balaban J connectivity index is 1.95. The summed E-state index contributed by atoms with van der Waals surface area (Å²) >= 11 is 0. The maximum absolute atomic E-state index is 11.9. The van der Waals surface area contributed by atoms with Crippen LogP contribution in [0.1, 0.15) is 30.4 Å². The number of rotatable bonds is 2. The van der Waals surface area contributed by atoms with Gasteiger partial charge in [0, 0.05) is 31.5 Å². The van der Waals surface area contributed by atoms with Gasteiger partial charge in [0.15, 0.2) is 5.82 Å². The molecule has 1 aromatic rings. The molecule has 88 valence electrons. The summed E-state index contributed by atoms with van der Waals surface area (Å²) in [4.78, 5) is 15.9. The molecule has 1 amide bonds. The van der Waals surface area contributed by atoms with Crippen LogP contribution in [-0.2, 0) is 7.05 Å². The minimum absolute atomic E-state index is 0.0772. The van der Waals surface area contributed by atoms with Crippen LogP contribution in [0.5, 0.6) is 0 Å². The maximum atomic E-state index is 11.9. The van der Waals surface area contributed by atoms with Crippen molar-refractivity contribution in [2.24, 2.45) is 7.05 Å². The number of carbonyl (C=O) groups is 1. The third kappa shape index (κ3) is 2.41. The van der Waals surface area contributed by atoms with E-state index in [9.17, 15) is 4.79 Å². The summed E-state index contributed by atoms with van der Waals surface area (Å²) in [5.41, 5.74) is 0. The van der Waals surface area contributed by atoms with Crippen LogP contribution in [-0.4, -0.2) is 34.1 Å². The largest absolute Gasteiger partial charge is 0.347 e. The fraction of sp³-hybridized carbons (Fsp3) is 0.636. The van der Waals surface area contributed by atoms with Gasteiger partial charge in [0.25, 0.3) is 5.91 Å². The van der Waals surface area contributed by atoms with Crippen molar-refractivity contribution in [1.82, 2.24) is 20.2 Å². The van der Waals surface area contributed by atoms with Gasteiger partial charge in [0.05, 0.1) is 0 Å². The SMILES string of the molecule is CC1CC(NC(=O)c2nccn2C)CCN1. The molecule has 0 saturated carbocycles. The highest BCUT2D eigenvalue weighted by Gasteiger charge is 2.21. The van der Waals surface area contributed by atoms with E-state index < -0.39 is 0 Å². The van der Waals surface area contributed by atoms with E-state index in [1.807, 2.05) is 7.05 Å². The van der Waals surface area contributed by atoms with E-state index >= 15 is 0 Å². The van der Waals surface area contributed by atoms with Crippen molar-refractivity contribution < 1.29 is 4.79 Å². The molecule has 0 spiro atoms. The van der Waals surface area contributed by atoms with E-state index in [0.717, 1.165) is 19.4 Å². The summed E-state index contributed by atoms with van der Waals surface area (Å²) in [6.07, 6.45) is 5.39. The normalized spacial score (nSPS) is 25.4. The molecule has 5 heteroatoms. The van der Waals surface area contributed by atoms with Gasteiger partial charge in [0.2, 0.25) is 0 Å². The van der Waals surface area contributed by atoms with Crippen LogP contribution in [0.2, 0.25) is 0 Å². The van der Waals surface area contributed by atoms with Gasteiger partial charge in [-0.25, -0.2) is 4.98 Å². The molecule has 1 fully saturated rings. The van der Waals surface area contributed by atoms with Crippen LogP contribution >= 0.6 is 0 Å². The van der Waals surface area contributed by atoms with Crippen molar-refractivity contribution in [3.63, 3.8) is 0 Å². The third-order valence-corrected chi connectivity index (χ3v) is 2.98. The number of carbonyl (C=O) groups excluding carboxylic acids is 1. The lowest BCUT2D eigenvalue weighted by Crippen LogP contribution is -2.47. The summed E-state index contributed by atoms with van der Waals surface area (Å²) in [6, 6.07) is 0.737.